The predicted molar refractivity (Wildman–Crippen MR) is 108 cm³/mol. The molecule has 140 valence electrons. The molecule has 0 radical (unpaired) electrons. The van der Waals surface area contributed by atoms with E-state index in [0.29, 0.717) is 12.1 Å². The number of thiazole rings is 1. The van der Waals surface area contributed by atoms with Gasteiger partial charge in [0.05, 0.1) is 30.0 Å². The average Bonchev–Trinajstić information content (AvgIpc) is 3.36. The van der Waals surface area contributed by atoms with Crippen molar-refractivity contribution >= 4 is 32.6 Å². The van der Waals surface area contributed by atoms with Crippen LogP contribution in [0.25, 0.3) is 10.2 Å². The number of aromatic nitrogens is 1. The van der Waals surface area contributed by atoms with E-state index in [1.807, 2.05) is 25.1 Å². The number of hydrogen-bond donors (Lipinski definition) is 0. The molecule has 2 aromatic carbocycles. The van der Waals surface area contributed by atoms with Gasteiger partial charge in [0, 0.05) is 12.2 Å². The van der Waals surface area contributed by atoms with Crippen LogP contribution in [0.5, 0.6) is 5.75 Å². The van der Waals surface area contributed by atoms with Crippen LogP contribution in [0.15, 0.2) is 42.5 Å². The van der Waals surface area contributed by atoms with Gasteiger partial charge in [0.1, 0.15) is 5.75 Å². The summed E-state index contributed by atoms with van der Waals surface area (Å²) in [7, 11) is 1.62. The highest BCUT2D eigenvalue weighted by Gasteiger charge is 2.27. The number of rotatable bonds is 5. The van der Waals surface area contributed by atoms with E-state index in [1.54, 1.807) is 47.6 Å². The summed E-state index contributed by atoms with van der Waals surface area (Å²) in [5.41, 5.74) is 2.69. The largest absolute Gasteiger partial charge is 0.497 e. The van der Waals surface area contributed by atoms with E-state index in [9.17, 15) is 4.79 Å². The molecule has 0 aliphatic carbocycles. The third-order valence-electron chi connectivity index (χ3n) is 4.83. The minimum atomic E-state index is -0.0649. The molecule has 0 bridgehead atoms. The van der Waals surface area contributed by atoms with Crippen LogP contribution in [0.2, 0.25) is 0 Å². The zero-order valence-corrected chi connectivity index (χ0v) is 16.3. The molecule has 1 amide bonds. The Bertz CT molecular complexity index is 946. The molecule has 5 nitrogen and oxygen atoms in total. The minimum absolute atomic E-state index is 0.0558. The number of carbonyl (C=O) groups is 1. The molecular formula is C21H22N2O3S. The summed E-state index contributed by atoms with van der Waals surface area (Å²) in [5.74, 6) is 0.665. The molecule has 0 N–H and O–H groups in total. The van der Waals surface area contributed by atoms with Crippen molar-refractivity contribution in [1.29, 1.82) is 0 Å². The summed E-state index contributed by atoms with van der Waals surface area (Å²) >= 11 is 1.55. The van der Waals surface area contributed by atoms with E-state index in [-0.39, 0.29) is 12.0 Å². The minimum Gasteiger partial charge on any atom is -0.497 e. The molecule has 2 heterocycles. The molecule has 1 fully saturated rings. The van der Waals surface area contributed by atoms with Gasteiger partial charge in [0.25, 0.3) is 5.91 Å². The lowest BCUT2D eigenvalue weighted by atomic mass is 10.1. The normalized spacial score (nSPS) is 16.6. The molecule has 0 saturated carbocycles. The van der Waals surface area contributed by atoms with Gasteiger partial charge < -0.3 is 9.47 Å². The van der Waals surface area contributed by atoms with Crippen molar-refractivity contribution in [1.82, 2.24) is 4.98 Å². The van der Waals surface area contributed by atoms with Gasteiger partial charge in [-0.2, -0.15) is 0 Å². The smallest absolute Gasteiger partial charge is 0.260 e. The molecule has 6 heteroatoms. The Balaban J connectivity index is 1.70. The number of benzene rings is 2. The number of para-hydroxylation sites is 1. The maximum atomic E-state index is 13.3. The van der Waals surface area contributed by atoms with Crippen molar-refractivity contribution in [2.24, 2.45) is 0 Å². The summed E-state index contributed by atoms with van der Waals surface area (Å²) in [6.07, 6.45) is 2.06. The number of amides is 1. The first-order chi connectivity index (χ1) is 13.2. The zero-order valence-electron chi connectivity index (χ0n) is 15.5. The summed E-state index contributed by atoms with van der Waals surface area (Å²) in [5, 5.41) is 0.718. The highest BCUT2D eigenvalue weighted by atomic mass is 32.1. The summed E-state index contributed by atoms with van der Waals surface area (Å²) in [6.45, 7) is 3.32. The molecule has 3 aromatic rings. The number of aryl methyl sites for hydroxylation is 1. The van der Waals surface area contributed by atoms with Crippen molar-refractivity contribution in [2.45, 2.75) is 25.9 Å². The van der Waals surface area contributed by atoms with E-state index >= 15 is 0 Å². The number of ether oxygens (including phenoxy) is 2. The Morgan fingerprint density at radius 1 is 1.30 bits per heavy atom. The first-order valence-corrected chi connectivity index (χ1v) is 9.91. The van der Waals surface area contributed by atoms with Crippen molar-refractivity contribution < 1.29 is 14.3 Å². The van der Waals surface area contributed by atoms with Gasteiger partial charge in [-0.1, -0.05) is 23.5 Å². The fraction of sp³-hybridized carbons (Fsp3) is 0.333. The molecule has 4 rings (SSSR count). The Kier molecular flexibility index (Phi) is 5.09. The first kappa shape index (κ1) is 17.9. The van der Waals surface area contributed by atoms with E-state index < -0.39 is 0 Å². The number of fused-ring (bicyclic) bond motifs is 1. The SMILES string of the molecule is COc1ccc(C(=O)N(CC2CCCO2)c2nc3c(C)cccc3s2)cc1. The third-order valence-corrected chi connectivity index (χ3v) is 5.88. The van der Waals surface area contributed by atoms with E-state index in [0.717, 1.165) is 46.1 Å². The highest BCUT2D eigenvalue weighted by molar-refractivity contribution is 7.22. The molecule has 1 saturated heterocycles. The summed E-state index contributed by atoms with van der Waals surface area (Å²) in [4.78, 5) is 19.8. The Morgan fingerprint density at radius 3 is 2.78 bits per heavy atom. The van der Waals surface area contributed by atoms with E-state index in [2.05, 4.69) is 0 Å². The number of anilines is 1. The zero-order chi connectivity index (χ0) is 18.8. The fourth-order valence-electron chi connectivity index (χ4n) is 3.32. The highest BCUT2D eigenvalue weighted by Crippen LogP contribution is 2.32. The molecule has 1 atom stereocenters. The third kappa shape index (κ3) is 3.68. The van der Waals surface area contributed by atoms with Crippen LogP contribution >= 0.6 is 11.3 Å². The van der Waals surface area contributed by atoms with Crippen LogP contribution in [0.4, 0.5) is 5.13 Å². The molecule has 1 aliphatic heterocycles. The maximum absolute atomic E-state index is 13.3. The second kappa shape index (κ2) is 7.66. The van der Waals surface area contributed by atoms with Gasteiger partial charge in [-0.25, -0.2) is 4.98 Å². The molecule has 27 heavy (non-hydrogen) atoms. The molecular weight excluding hydrogens is 360 g/mol. The van der Waals surface area contributed by atoms with Gasteiger partial charge in [-0.3, -0.25) is 9.69 Å². The van der Waals surface area contributed by atoms with Crippen LogP contribution in [-0.4, -0.2) is 37.3 Å². The Morgan fingerprint density at radius 2 is 2.11 bits per heavy atom. The molecule has 1 unspecified atom stereocenters. The topological polar surface area (TPSA) is 51.7 Å². The second-order valence-corrected chi connectivity index (χ2v) is 7.71. The van der Waals surface area contributed by atoms with E-state index in [1.165, 1.54) is 0 Å². The first-order valence-electron chi connectivity index (χ1n) is 9.09. The van der Waals surface area contributed by atoms with Crippen LogP contribution in [0.1, 0.15) is 28.8 Å². The average molecular weight is 382 g/mol. The summed E-state index contributed by atoms with van der Waals surface area (Å²) < 4.78 is 12.1. The molecule has 0 spiro atoms. The number of nitrogens with zero attached hydrogens (tertiary/aromatic N) is 2. The van der Waals surface area contributed by atoms with Gasteiger partial charge in [0.2, 0.25) is 0 Å². The monoisotopic (exact) mass is 382 g/mol. The standard InChI is InChI=1S/C21H22N2O3S/c1-14-5-3-7-18-19(14)22-21(27-18)23(13-17-6-4-12-26-17)20(24)15-8-10-16(25-2)11-9-15/h3,5,7-11,17H,4,6,12-13H2,1-2H3. The Hall–Kier alpha value is -2.44. The van der Waals surface area contributed by atoms with Crippen molar-refractivity contribution in [3.63, 3.8) is 0 Å². The van der Waals surface area contributed by atoms with Crippen LogP contribution in [0.3, 0.4) is 0 Å². The Labute approximate surface area is 162 Å². The van der Waals surface area contributed by atoms with Crippen molar-refractivity contribution in [2.75, 3.05) is 25.2 Å². The lowest BCUT2D eigenvalue weighted by Crippen LogP contribution is -2.37. The van der Waals surface area contributed by atoms with Gasteiger partial charge in [-0.05, 0) is 55.7 Å². The van der Waals surface area contributed by atoms with Crippen molar-refractivity contribution in [3.05, 3.63) is 53.6 Å². The number of hydrogen-bond acceptors (Lipinski definition) is 5. The van der Waals surface area contributed by atoms with Crippen LogP contribution in [0, 0.1) is 6.92 Å². The van der Waals surface area contributed by atoms with Crippen LogP contribution in [-0.2, 0) is 4.74 Å². The predicted octanol–water partition coefficient (Wildman–Crippen LogP) is 4.44. The van der Waals surface area contributed by atoms with Crippen LogP contribution < -0.4 is 9.64 Å². The maximum Gasteiger partial charge on any atom is 0.260 e. The quantitative estimate of drug-likeness (QED) is 0.655. The lowest BCUT2D eigenvalue weighted by molar-refractivity contribution is 0.0917. The molecule has 1 aromatic heterocycles. The lowest BCUT2D eigenvalue weighted by Gasteiger charge is -2.23. The van der Waals surface area contributed by atoms with E-state index in [4.69, 9.17) is 14.5 Å². The number of carbonyl (C=O) groups excluding carboxylic acids is 1. The fourth-order valence-corrected chi connectivity index (χ4v) is 4.37. The van der Waals surface area contributed by atoms with Gasteiger partial charge in [0.15, 0.2) is 5.13 Å². The van der Waals surface area contributed by atoms with Gasteiger partial charge >= 0.3 is 0 Å². The second-order valence-electron chi connectivity index (χ2n) is 6.70. The van der Waals surface area contributed by atoms with Crippen molar-refractivity contribution in [3.8, 4) is 5.75 Å². The summed E-state index contributed by atoms with van der Waals surface area (Å²) in [6, 6.07) is 13.3. The van der Waals surface area contributed by atoms with Gasteiger partial charge in [-0.15, -0.1) is 0 Å². The molecule has 1 aliphatic rings. The number of methoxy groups -OCH3 is 1.